The van der Waals surface area contributed by atoms with Gasteiger partial charge in [-0.1, -0.05) is 34.6 Å². The molecule has 2 nitrogen and oxygen atoms in total. The van der Waals surface area contributed by atoms with Crippen LogP contribution in [0.3, 0.4) is 0 Å². The van der Waals surface area contributed by atoms with Gasteiger partial charge in [0.2, 0.25) is 0 Å². The van der Waals surface area contributed by atoms with Gasteiger partial charge in [0, 0.05) is 16.5 Å². The second-order valence-corrected chi connectivity index (χ2v) is 6.57. The van der Waals surface area contributed by atoms with Crippen LogP contribution in [0.15, 0.2) is 0 Å². The van der Waals surface area contributed by atoms with E-state index in [0.29, 0.717) is 5.25 Å². The zero-order valence-electron chi connectivity index (χ0n) is 10.1. The molecule has 0 rings (SSSR count). The van der Waals surface area contributed by atoms with E-state index >= 15 is 0 Å². The van der Waals surface area contributed by atoms with Crippen molar-refractivity contribution in [1.82, 2.24) is 0 Å². The highest BCUT2D eigenvalue weighted by molar-refractivity contribution is 8.00. The minimum absolute atomic E-state index is 0.198. The number of rotatable bonds is 5. The minimum Gasteiger partial charge on any atom is -0.395 e. The summed E-state index contributed by atoms with van der Waals surface area (Å²) < 4.78 is 0. The fourth-order valence-corrected chi connectivity index (χ4v) is 2.84. The zero-order chi connectivity index (χ0) is 11.4. The maximum atomic E-state index is 9.04. The SMILES string of the molecule is CCC(N)C(SC(C)CO)C(C)(C)C. The van der Waals surface area contributed by atoms with Crippen LogP contribution in [0, 0.1) is 5.41 Å². The van der Waals surface area contributed by atoms with Gasteiger partial charge in [-0.2, -0.15) is 11.8 Å². The average Bonchev–Trinajstić information content (AvgIpc) is 2.10. The van der Waals surface area contributed by atoms with Gasteiger partial charge < -0.3 is 10.8 Å². The first-order chi connectivity index (χ1) is 6.32. The molecule has 0 amide bonds. The third-order valence-electron chi connectivity index (χ3n) is 2.35. The standard InChI is InChI=1S/C11H25NOS/c1-6-9(12)10(11(3,4)5)14-8(2)7-13/h8-10,13H,6-7,12H2,1-5H3. The molecule has 14 heavy (non-hydrogen) atoms. The summed E-state index contributed by atoms with van der Waals surface area (Å²) in [7, 11) is 0. The molecule has 0 fully saturated rings. The number of thioether (sulfide) groups is 1. The summed E-state index contributed by atoms with van der Waals surface area (Å²) in [5, 5.41) is 9.73. The molecule has 3 heteroatoms. The van der Waals surface area contributed by atoms with Gasteiger partial charge in [-0.15, -0.1) is 0 Å². The fourth-order valence-electron chi connectivity index (χ4n) is 1.45. The molecule has 3 atom stereocenters. The van der Waals surface area contributed by atoms with Crippen molar-refractivity contribution in [1.29, 1.82) is 0 Å². The van der Waals surface area contributed by atoms with E-state index in [1.165, 1.54) is 0 Å². The second-order valence-electron chi connectivity index (χ2n) is 4.99. The molecule has 0 aromatic heterocycles. The lowest BCUT2D eigenvalue weighted by atomic mass is 9.87. The maximum absolute atomic E-state index is 9.04. The van der Waals surface area contributed by atoms with Crippen LogP contribution >= 0.6 is 11.8 Å². The highest BCUT2D eigenvalue weighted by atomic mass is 32.2. The average molecular weight is 219 g/mol. The van der Waals surface area contributed by atoms with E-state index in [2.05, 4.69) is 27.7 Å². The molecule has 3 unspecified atom stereocenters. The van der Waals surface area contributed by atoms with Crippen LogP contribution in [0.4, 0.5) is 0 Å². The first-order valence-electron chi connectivity index (χ1n) is 5.34. The Balaban J connectivity index is 4.41. The molecule has 0 saturated heterocycles. The van der Waals surface area contributed by atoms with Crippen molar-refractivity contribution in [3.8, 4) is 0 Å². The van der Waals surface area contributed by atoms with Crippen molar-refractivity contribution in [2.45, 2.75) is 57.6 Å². The predicted molar refractivity (Wildman–Crippen MR) is 65.6 cm³/mol. The van der Waals surface area contributed by atoms with Gasteiger partial charge in [-0.05, 0) is 11.8 Å². The molecular weight excluding hydrogens is 194 g/mol. The van der Waals surface area contributed by atoms with E-state index in [-0.39, 0.29) is 23.3 Å². The van der Waals surface area contributed by atoms with E-state index in [1.54, 1.807) is 0 Å². The Kier molecular flexibility index (Phi) is 6.10. The highest BCUT2D eigenvalue weighted by Gasteiger charge is 2.30. The lowest BCUT2D eigenvalue weighted by molar-refractivity contribution is 0.296. The number of hydrogen-bond donors (Lipinski definition) is 2. The van der Waals surface area contributed by atoms with Crippen LogP contribution in [0.2, 0.25) is 0 Å². The number of aliphatic hydroxyl groups excluding tert-OH is 1. The summed E-state index contributed by atoms with van der Waals surface area (Å²) in [6.45, 7) is 11.0. The maximum Gasteiger partial charge on any atom is 0.0547 e. The van der Waals surface area contributed by atoms with Crippen LogP contribution in [-0.4, -0.2) is 28.3 Å². The van der Waals surface area contributed by atoms with Crippen LogP contribution < -0.4 is 5.73 Å². The zero-order valence-corrected chi connectivity index (χ0v) is 10.9. The van der Waals surface area contributed by atoms with Gasteiger partial charge in [-0.3, -0.25) is 0 Å². The fraction of sp³-hybridized carbons (Fsp3) is 1.00. The Bertz CT molecular complexity index is 156. The number of nitrogens with two attached hydrogens (primary N) is 1. The third-order valence-corrected chi connectivity index (χ3v) is 4.31. The van der Waals surface area contributed by atoms with Crippen molar-refractivity contribution in [3.05, 3.63) is 0 Å². The molecule has 0 aliphatic heterocycles. The number of hydrogen-bond acceptors (Lipinski definition) is 3. The summed E-state index contributed by atoms with van der Waals surface area (Å²) in [5.74, 6) is 0. The molecule has 0 aromatic rings. The van der Waals surface area contributed by atoms with Crippen molar-refractivity contribution in [3.63, 3.8) is 0 Å². The summed E-state index contributed by atoms with van der Waals surface area (Å²) in [4.78, 5) is 0. The van der Waals surface area contributed by atoms with Gasteiger partial charge in [0.1, 0.15) is 0 Å². The van der Waals surface area contributed by atoms with E-state index in [9.17, 15) is 0 Å². The number of aliphatic hydroxyl groups is 1. The van der Waals surface area contributed by atoms with Gasteiger partial charge in [0.05, 0.1) is 6.61 Å². The van der Waals surface area contributed by atoms with Gasteiger partial charge >= 0.3 is 0 Å². The third kappa shape index (κ3) is 4.67. The first-order valence-corrected chi connectivity index (χ1v) is 6.29. The predicted octanol–water partition coefficient (Wildman–Crippen LogP) is 2.25. The van der Waals surface area contributed by atoms with E-state index in [4.69, 9.17) is 10.8 Å². The Morgan fingerprint density at radius 1 is 1.36 bits per heavy atom. The van der Waals surface area contributed by atoms with Crippen molar-refractivity contribution in [2.75, 3.05) is 6.61 Å². The van der Waals surface area contributed by atoms with Crippen molar-refractivity contribution >= 4 is 11.8 Å². The van der Waals surface area contributed by atoms with Crippen LogP contribution in [0.5, 0.6) is 0 Å². The molecule has 0 bridgehead atoms. The van der Waals surface area contributed by atoms with E-state index < -0.39 is 0 Å². The normalized spacial score (nSPS) is 19.1. The first kappa shape index (κ1) is 14.3. The highest BCUT2D eigenvalue weighted by Crippen LogP contribution is 2.35. The summed E-state index contributed by atoms with van der Waals surface area (Å²) in [6, 6.07) is 0.217. The van der Waals surface area contributed by atoms with Gasteiger partial charge in [0.25, 0.3) is 0 Å². The Hall–Kier alpha value is 0.270. The molecule has 0 saturated carbocycles. The Morgan fingerprint density at radius 2 is 1.86 bits per heavy atom. The quantitative estimate of drug-likeness (QED) is 0.745. The lowest BCUT2D eigenvalue weighted by Crippen LogP contribution is -2.42. The van der Waals surface area contributed by atoms with Crippen LogP contribution in [-0.2, 0) is 0 Å². The molecule has 0 aromatic carbocycles. The van der Waals surface area contributed by atoms with Crippen LogP contribution in [0.25, 0.3) is 0 Å². The van der Waals surface area contributed by atoms with Crippen LogP contribution in [0.1, 0.15) is 41.0 Å². The van der Waals surface area contributed by atoms with Gasteiger partial charge in [0.15, 0.2) is 0 Å². The molecular formula is C11H25NOS. The molecule has 0 aliphatic carbocycles. The second kappa shape index (κ2) is 5.99. The monoisotopic (exact) mass is 219 g/mol. The Labute approximate surface area is 92.6 Å². The molecule has 3 N–H and O–H groups in total. The largest absolute Gasteiger partial charge is 0.395 e. The minimum atomic E-state index is 0.198. The van der Waals surface area contributed by atoms with Crippen molar-refractivity contribution in [2.24, 2.45) is 11.1 Å². The molecule has 0 radical (unpaired) electrons. The molecule has 0 aliphatic rings. The summed E-state index contributed by atoms with van der Waals surface area (Å²) in [6.07, 6.45) is 0.993. The molecule has 86 valence electrons. The van der Waals surface area contributed by atoms with Crippen molar-refractivity contribution < 1.29 is 5.11 Å². The summed E-state index contributed by atoms with van der Waals surface area (Å²) in [5.41, 5.74) is 6.30. The van der Waals surface area contributed by atoms with E-state index in [1.807, 2.05) is 18.7 Å². The molecule has 0 spiro atoms. The summed E-state index contributed by atoms with van der Waals surface area (Å²) >= 11 is 1.81. The topological polar surface area (TPSA) is 46.2 Å². The van der Waals surface area contributed by atoms with E-state index in [0.717, 1.165) is 6.42 Å². The molecule has 0 heterocycles. The lowest BCUT2D eigenvalue weighted by Gasteiger charge is -2.36. The Morgan fingerprint density at radius 3 is 2.14 bits per heavy atom. The smallest absolute Gasteiger partial charge is 0.0547 e. The van der Waals surface area contributed by atoms with Gasteiger partial charge in [-0.25, -0.2) is 0 Å².